The monoisotopic (exact) mass is 294 g/mol. The van der Waals surface area contributed by atoms with E-state index in [9.17, 15) is 13.2 Å². The van der Waals surface area contributed by atoms with E-state index in [1.165, 1.54) is 18.2 Å². The van der Waals surface area contributed by atoms with Crippen molar-refractivity contribution in [2.24, 2.45) is 5.14 Å². The Morgan fingerprint density at radius 3 is 2.45 bits per heavy atom. The predicted molar refractivity (Wildman–Crippen MR) is 79.9 cm³/mol. The van der Waals surface area contributed by atoms with E-state index < -0.39 is 10.0 Å². The van der Waals surface area contributed by atoms with Crippen LogP contribution < -0.4 is 10.5 Å². The van der Waals surface area contributed by atoms with Crippen molar-refractivity contribution < 1.29 is 13.2 Å². The Balaban J connectivity index is 3.12. The predicted octanol–water partition coefficient (Wildman–Crippen LogP) is 2.02. The average molecular weight is 294 g/mol. The van der Waals surface area contributed by atoms with Crippen LogP contribution in [0, 0.1) is 13.8 Å². The van der Waals surface area contributed by atoms with Crippen LogP contribution in [-0.2, 0) is 14.8 Å². The molecule has 0 aliphatic rings. The maximum Gasteiger partial charge on any atom is 0.248 e. The number of primary sulfonamides is 1. The van der Waals surface area contributed by atoms with Gasteiger partial charge in [-0.3, -0.25) is 4.79 Å². The third-order valence-corrected chi connectivity index (χ3v) is 3.67. The van der Waals surface area contributed by atoms with Crippen LogP contribution in [0.5, 0.6) is 0 Å². The summed E-state index contributed by atoms with van der Waals surface area (Å²) < 4.78 is 22.8. The SMILES string of the molecule is C/C=C/C=C/C(=O)Nc1cc(S(N)(=O)=O)cc(C)c1C. The number of carbonyl (C=O) groups is 1. The third kappa shape index (κ3) is 4.32. The molecule has 1 rings (SSSR count). The molecule has 0 unspecified atom stereocenters. The molecule has 0 saturated carbocycles. The van der Waals surface area contributed by atoms with Gasteiger partial charge in [-0.1, -0.05) is 18.2 Å². The highest BCUT2D eigenvalue weighted by atomic mass is 32.2. The van der Waals surface area contributed by atoms with Crippen molar-refractivity contribution in [2.45, 2.75) is 25.7 Å². The van der Waals surface area contributed by atoms with Crippen molar-refractivity contribution in [1.29, 1.82) is 0 Å². The highest BCUT2D eigenvalue weighted by Gasteiger charge is 2.13. The minimum Gasteiger partial charge on any atom is -0.322 e. The molecule has 0 heterocycles. The highest BCUT2D eigenvalue weighted by Crippen LogP contribution is 2.23. The summed E-state index contributed by atoms with van der Waals surface area (Å²) in [6.07, 6.45) is 6.47. The lowest BCUT2D eigenvalue weighted by Gasteiger charge is -2.11. The van der Waals surface area contributed by atoms with Crippen molar-refractivity contribution in [3.8, 4) is 0 Å². The fourth-order valence-corrected chi connectivity index (χ4v) is 2.17. The van der Waals surface area contributed by atoms with Crippen LogP contribution >= 0.6 is 0 Å². The summed E-state index contributed by atoms with van der Waals surface area (Å²) >= 11 is 0. The number of hydrogen-bond acceptors (Lipinski definition) is 3. The zero-order valence-corrected chi connectivity index (χ0v) is 12.5. The smallest absolute Gasteiger partial charge is 0.248 e. The molecule has 0 fully saturated rings. The number of carbonyl (C=O) groups excluding carboxylic acids is 1. The summed E-state index contributed by atoms with van der Waals surface area (Å²) in [6.45, 7) is 5.40. The Bertz CT molecular complexity index is 674. The fraction of sp³-hybridized carbons (Fsp3) is 0.214. The second-order valence-electron chi connectivity index (χ2n) is 4.33. The molecule has 5 nitrogen and oxygen atoms in total. The number of hydrogen-bond donors (Lipinski definition) is 2. The molecule has 0 atom stereocenters. The summed E-state index contributed by atoms with van der Waals surface area (Å²) in [5, 5.41) is 7.75. The standard InChI is InChI=1S/C14H18N2O3S/c1-4-5-6-7-14(17)16-13-9-12(20(15,18)19)8-10(2)11(13)3/h4-9H,1-3H3,(H,16,17)(H2,15,18,19)/b5-4+,7-6+. The molecule has 0 aliphatic carbocycles. The van der Waals surface area contributed by atoms with Gasteiger partial charge in [-0.2, -0.15) is 0 Å². The molecule has 0 bridgehead atoms. The summed E-state index contributed by atoms with van der Waals surface area (Å²) in [5.74, 6) is -0.336. The van der Waals surface area contributed by atoms with E-state index in [0.29, 0.717) is 5.69 Å². The van der Waals surface area contributed by atoms with Gasteiger partial charge in [-0.15, -0.1) is 0 Å². The molecule has 108 valence electrons. The van der Waals surface area contributed by atoms with Crippen molar-refractivity contribution in [1.82, 2.24) is 0 Å². The second kappa shape index (κ2) is 6.49. The van der Waals surface area contributed by atoms with Gasteiger partial charge in [0, 0.05) is 11.8 Å². The number of allylic oxidation sites excluding steroid dienone is 3. The highest BCUT2D eigenvalue weighted by molar-refractivity contribution is 7.89. The first-order chi connectivity index (χ1) is 9.25. The number of benzene rings is 1. The van der Waals surface area contributed by atoms with Gasteiger partial charge >= 0.3 is 0 Å². The van der Waals surface area contributed by atoms with Crippen molar-refractivity contribution in [3.63, 3.8) is 0 Å². The topological polar surface area (TPSA) is 89.3 Å². The van der Waals surface area contributed by atoms with E-state index >= 15 is 0 Å². The first-order valence-corrected chi connectivity index (χ1v) is 7.54. The van der Waals surface area contributed by atoms with Gasteiger partial charge in [0.15, 0.2) is 0 Å². The van der Waals surface area contributed by atoms with Crippen LogP contribution in [-0.4, -0.2) is 14.3 Å². The van der Waals surface area contributed by atoms with Gasteiger partial charge in [0.05, 0.1) is 4.90 Å². The fourth-order valence-electron chi connectivity index (χ4n) is 1.55. The quantitative estimate of drug-likeness (QED) is 0.657. The zero-order valence-electron chi connectivity index (χ0n) is 11.7. The summed E-state index contributed by atoms with van der Waals surface area (Å²) in [6, 6.07) is 2.84. The molecular formula is C14H18N2O3S. The van der Waals surface area contributed by atoms with E-state index in [4.69, 9.17) is 5.14 Å². The molecule has 20 heavy (non-hydrogen) atoms. The second-order valence-corrected chi connectivity index (χ2v) is 5.89. The molecule has 1 aromatic rings. The Morgan fingerprint density at radius 2 is 1.90 bits per heavy atom. The first kappa shape index (κ1) is 16.1. The van der Waals surface area contributed by atoms with E-state index in [1.54, 1.807) is 32.1 Å². The lowest BCUT2D eigenvalue weighted by molar-refractivity contribution is -0.111. The Kier molecular flexibility index (Phi) is 5.24. The van der Waals surface area contributed by atoms with E-state index in [1.807, 2.05) is 6.92 Å². The molecule has 0 saturated heterocycles. The van der Waals surface area contributed by atoms with Crippen LogP contribution in [0.25, 0.3) is 0 Å². The third-order valence-electron chi connectivity index (χ3n) is 2.78. The Hall–Kier alpha value is -1.92. The maximum absolute atomic E-state index is 11.7. The molecule has 1 aromatic carbocycles. The van der Waals surface area contributed by atoms with Crippen LogP contribution in [0.15, 0.2) is 41.3 Å². The summed E-state index contributed by atoms with van der Waals surface area (Å²) in [4.78, 5) is 11.7. The molecule has 0 aliphatic heterocycles. The number of aryl methyl sites for hydroxylation is 1. The number of nitrogens with two attached hydrogens (primary N) is 1. The maximum atomic E-state index is 11.7. The number of rotatable bonds is 4. The molecule has 0 aromatic heterocycles. The van der Waals surface area contributed by atoms with Gasteiger partial charge in [-0.05, 0) is 44.0 Å². The van der Waals surface area contributed by atoms with E-state index in [2.05, 4.69) is 5.32 Å². The van der Waals surface area contributed by atoms with Gasteiger partial charge in [-0.25, -0.2) is 13.6 Å². The van der Waals surface area contributed by atoms with Crippen LogP contribution in [0.2, 0.25) is 0 Å². The average Bonchev–Trinajstić information content (AvgIpc) is 2.33. The van der Waals surface area contributed by atoms with Crippen molar-refractivity contribution in [2.75, 3.05) is 5.32 Å². The van der Waals surface area contributed by atoms with E-state index in [-0.39, 0.29) is 10.8 Å². The summed E-state index contributed by atoms with van der Waals surface area (Å²) in [7, 11) is -3.80. The number of amides is 1. The van der Waals surface area contributed by atoms with Crippen LogP contribution in [0.4, 0.5) is 5.69 Å². The molecule has 0 radical (unpaired) electrons. The first-order valence-electron chi connectivity index (χ1n) is 6.00. The van der Waals surface area contributed by atoms with Crippen LogP contribution in [0.3, 0.4) is 0 Å². The Labute approximate surface area is 119 Å². The van der Waals surface area contributed by atoms with Crippen molar-refractivity contribution in [3.05, 3.63) is 47.6 Å². The minimum atomic E-state index is -3.80. The van der Waals surface area contributed by atoms with Gasteiger partial charge in [0.1, 0.15) is 0 Å². The number of nitrogens with one attached hydrogen (secondary N) is 1. The lowest BCUT2D eigenvalue weighted by atomic mass is 10.1. The minimum absolute atomic E-state index is 0.0201. The number of sulfonamides is 1. The molecular weight excluding hydrogens is 276 g/mol. The van der Waals surface area contributed by atoms with Crippen LogP contribution in [0.1, 0.15) is 18.1 Å². The Morgan fingerprint density at radius 1 is 1.25 bits per heavy atom. The van der Waals surface area contributed by atoms with E-state index in [0.717, 1.165) is 11.1 Å². The van der Waals surface area contributed by atoms with Gasteiger partial charge in [0.2, 0.25) is 15.9 Å². The van der Waals surface area contributed by atoms with Gasteiger partial charge in [0.25, 0.3) is 0 Å². The number of anilines is 1. The normalized spacial score (nSPS) is 12.2. The molecule has 0 spiro atoms. The largest absolute Gasteiger partial charge is 0.322 e. The zero-order chi connectivity index (χ0) is 15.3. The van der Waals surface area contributed by atoms with Gasteiger partial charge < -0.3 is 5.32 Å². The molecule has 1 amide bonds. The van der Waals surface area contributed by atoms with Crippen molar-refractivity contribution >= 4 is 21.6 Å². The molecule has 3 N–H and O–H groups in total. The summed E-state index contributed by atoms with van der Waals surface area (Å²) in [5.41, 5.74) is 1.97. The molecule has 6 heteroatoms. The lowest BCUT2D eigenvalue weighted by Crippen LogP contribution is -2.15.